The van der Waals surface area contributed by atoms with Crippen LogP contribution in [0.4, 0.5) is 0 Å². The third-order valence-electron chi connectivity index (χ3n) is 2.86. The van der Waals surface area contributed by atoms with Crippen LogP contribution in [0.3, 0.4) is 0 Å². The van der Waals surface area contributed by atoms with Crippen molar-refractivity contribution in [1.29, 1.82) is 0 Å². The van der Waals surface area contributed by atoms with E-state index in [4.69, 9.17) is 11.6 Å². The summed E-state index contributed by atoms with van der Waals surface area (Å²) in [7, 11) is 1.94. The van der Waals surface area contributed by atoms with Gasteiger partial charge in [-0.15, -0.1) is 11.3 Å². The van der Waals surface area contributed by atoms with Crippen molar-refractivity contribution >= 4 is 38.9 Å². The second-order valence-electron chi connectivity index (χ2n) is 4.09. The monoisotopic (exact) mass is 344 g/mol. The van der Waals surface area contributed by atoms with E-state index >= 15 is 0 Å². The Bertz CT molecular complexity index is 549. The first-order chi connectivity index (χ1) is 8.52. The molecule has 1 N–H and O–H groups in total. The summed E-state index contributed by atoms with van der Waals surface area (Å²) in [6.45, 7) is 4.14. The lowest BCUT2D eigenvalue weighted by molar-refractivity contribution is 0.684. The minimum Gasteiger partial charge on any atom is -0.307 e. The van der Waals surface area contributed by atoms with Gasteiger partial charge < -0.3 is 5.32 Å². The van der Waals surface area contributed by atoms with Crippen molar-refractivity contribution in [2.24, 2.45) is 0 Å². The van der Waals surface area contributed by atoms with Gasteiger partial charge in [-0.3, -0.25) is 0 Å². The van der Waals surface area contributed by atoms with Crippen molar-refractivity contribution < 1.29 is 0 Å². The smallest absolute Gasteiger partial charge is 0.115 e. The zero-order valence-electron chi connectivity index (χ0n) is 10.4. The Hall–Kier alpha value is -0.420. The van der Waals surface area contributed by atoms with Crippen molar-refractivity contribution in [2.75, 3.05) is 7.05 Å². The first-order valence-electron chi connectivity index (χ1n) is 5.59. The number of benzene rings is 1. The third-order valence-corrected chi connectivity index (χ3v) is 5.21. The van der Waals surface area contributed by atoms with Gasteiger partial charge in [0.15, 0.2) is 0 Å². The van der Waals surface area contributed by atoms with Crippen LogP contribution in [-0.2, 0) is 0 Å². The molecule has 0 aliphatic heterocycles. The lowest BCUT2D eigenvalue weighted by Gasteiger charge is -2.14. The van der Waals surface area contributed by atoms with Crippen LogP contribution in [0.25, 0.3) is 0 Å². The number of nitrogens with one attached hydrogen (secondary N) is 1. The van der Waals surface area contributed by atoms with Crippen LogP contribution in [0.5, 0.6) is 0 Å². The third kappa shape index (κ3) is 2.77. The molecule has 2 nitrogen and oxygen atoms in total. The first kappa shape index (κ1) is 14.0. The molecule has 0 spiro atoms. The molecule has 0 aliphatic carbocycles. The standard InChI is InChI=1S/C13H14BrClN2S/c1-7-8(2)18-13(17-7)12(16-3)9-4-5-11(15)10(14)6-9/h4-6,12,16H,1-3H3. The molecule has 1 aromatic carbocycles. The molecule has 2 rings (SSSR count). The summed E-state index contributed by atoms with van der Waals surface area (Å²) in [6.07, 6.45) is 0. The van der Waals surface area contributed by atoms with Gasteiger partial charge in [-0.25, -0.2) is 4.98 Å². The zero-order chi connectivity index (χ0) is 13.3. The zero-order valence-corrected chi connectivity index (χ0v) is 13.6. The van der Waals surface area contributed by atoms with Crippen molar-refractivity contribution in [3.8, 4) is 0 Å². The maximum atomic E-state index is 6.02. The Morgan fingerprint density at radius 1 is 1.39 bits per heavy atom. The summed E-state index contributed by atoms with van der Waals surface area (Å²) in [5.74, 6) is 0. The normalized spacial score (nSPS) is 12.7. The molecular weight excluding hydrogens is 332 g/mol. The van der Waals surface area contributed by atoms with E-state index in [0.29, 0.717) is 0 Å². The lowest BCUT2D eigenvalue weighted by Crippen LogP contribution is -2.17. The van der Waals surface area contributed by atoms with Crippen LogP contribution in [0.2, 0.25) is 5.02 Å². The molecule has 0 fully saturated rings. The van der Waals surface area contributed by atoms with Gasteiger partial charge in [-0.05, 0) is 54.5 Å². The summed E-state index contributed by atoms with van der Waals surface area (Å²) in [4.78, 5) is 5.88. The number of thiazole rings is 1. The number of hydrogen-bond acceptors (Lipinski definition) is 3. The quantitative estimate of drug-likeness (QED) is 0.887. The van der Waals surface area contributed by atoms with E-state index in [1.54, 1.807) is 11.3 Å². The summed E-state index contributed by atoms with van der Waals surface area (Å²) in [5, 5.41) is 5.11. The molecule has 0 saturated carbocycles. The van der Waals surface area contributed by atoms with E-state index in [9.17, 15) is 0 Å². The molecule has 18 heavy (non-hydrogen) atoms. The maximum absolute atomic E-state index is 6.02. The van der Waals surface area contributed by atoms with Gasteiger partial charge in [0.2, 0.25) is 0 Å². The first-order valence-corrected chi connectivity index (χ1v) is 7.57. The second-order valence-corrected chi connectivity index (χ2v) is 6.59. The molecule has 0 bridgehead atoms. The van der Waals surface area contributed by atoms with E-state index in [2.05, 4.69) is 33.2 Å². The molecule has 1 atom stereocenters. The van der Waals surface area contributed by atoms with E-state index in [1.807, 2.05) is 32.2 Å². The average molecular weight is 346 g/mol. The molecular formula is C13H14BrClN2S. The number of rotatable bonds is 3. The van der Waals surface area contributed by atoms with Crippen molar-refractivity contribution in [3.63, 3.8) is 0 Å². The molecule has 0 amide bonds. The number of nitrogens with zero attached hydrogens (tertiary/aromatic N) is 1. The number of aromatic nitrogens is 1. The second kappa shape index (κ2) is 5.70. The molecule has 2 aromatic rings. The van der Waals surface area contributed by atoms with Crippen LogP contribution in [0.15, 0.2) is 22.7 Å². The molecule has 0 saturated heterocycles. The summed E-state index contributed by atoms with van der Waals surface area (Å²) in [5.41, 5.74) is 2.26. The maximum Gasteiger partial charge on any atom is 0.115 e. The van der Waals surface area contributed by atoms with Gasteiger partial charge in [0.25, 0.3) is 0 Å². The minimum atomic E-state index is 0.107. The Morgan fingerprint density at radius 3 is 2.61 bits per heavy atom. The number of hydrogen-bond donors (Lipinski definition) is 1. The summed E-state index contributed by atoms with van der Waals surface area (Å²) >= 11 is 11.2. The van der Waals surface area contributed by atoms with Gasteiger partial charge in [0.05, 0.1) is 16.8 Å². The Morgan fingerprint density at radius 2 is 2.11 bits per heavy atom. The molecule has 1 heterocycles. The van der Waals surface area contributed by atoms with Gasteiger partial charge in [0, 0.05) is 9.35 Å². The van der Waals surface area contributed by atoms with Gasteiger partial charge >= 0.3 is 0 Å². The fourth-order valence-corrected chi connectivity index (χ4v) is 3.32. The molecule has 1 aromatic heterocycles. The fraction of sp³-hybridized carbons (Fsp3) is 0.308. The van der Waals surface area contributed by atoms with Crippen LogP contribution in [0.1, 0.15) is 27.2 Å². The van der Waals surface area contributed by atoms with E-state index in [0.717, 1.165) is 25.8 Å². The summed E-state index contributed by atoms with van der Waals surface area (Å²) in [6, 6.07) is 6.07. The SMILES string of the molecule is CNC(c1ccc(Cl)c(Br)c1)c1nc(C)c(C)s1. The predicted molar refractivity (Wildman–Crippen MR) is 81.6 cm³/mol. The van der Waals surface area contributed by atoms with Crippen molar-refractivity contribution in [3.05, 3.63) is 48.8 Å². The molecule has 0 radical (unpaired) electrons. The largest absolute Gasteiger partial charge is 0.307 e. The Labute approximate surface area is 125 Å². The van der Waals surface area contributed by atoms with Gasteiger partial charge in [-0.2, -0.15) is 0 Å². The molecule has 96 valence electrons. The van der Waals surface area contributed by atoms with Crippen LogP contribution in [0, 0.1) is 13.8 Å². The highest BCUT2D eigenvalue weighted by molar-refractivity contribution is 9.10. The van der Waals surface area contributed by atoms with Crippen LogP contribution in [-0.4, -0.2) is 12.0 Å². The van der Waals surface area contributed by atoms with E-state index < -0.39 is 0 Å². The van der Waals surface area contributed by atoms with E-state index in [-0.39, 0.29) is 6.04 Å². The van der Waals surface area contributed by atoms with Gasteiger partial charge in [-0.1, -0.05) is 17.7 Å². The fourth-order valence-electron chi connectivity index (χ4n) is 1.75. The van der Waals surface area contributed by atoms with Crippen molar-refractivity contribution in [1.82, 2.24) is 10.3 Å². The molecule has 0 aliphatic rings. The highest BCUT2D eigenvalue weighted by Gasteiger charge is 2.17. The molecule has 5 heteroatoms. The number of halogens is 2. The highest BCUT2D eigenvalue weighted by Crippen LogP contribution is 2.31. The topological polar surface area (TPSA) is 24.9 Å². The minimum absolute atomic E-state index is 0.107. The Balaban J connectivity index is 2.41. The lowest BCUT2D eigenvalue weighted by atomic mass is 10.1. The van der Waals surface area contributed by atoms with Gasteiger partial charge in [0.1, 0.15) is 5.01 Å². The highest BCUT2D eigenvalue weighted by atomic mass is 79.9. The molecule has 1 unspecified atom stereocenters. The summed E-state index contributed by atoms with van der Waals surface area (Å²) < 4.78 is 0.909. The van der Waals surface area contributed by atoms with Crippen LogP contribution < -0.4 is 5.32 Å². The predicted octanol–water partition coefficient (Wildman–Crippen LogP) is 4.48. The van der Waals surface area contributed by atoms with Crippen LogP contribution >= 0.6 is 38.9 Å². The average Bonchev–Trinajstić information content (AvgIpc) is 2.65. The number of aryl methyl sites for hydroxylation is 2. The van der Waals surface area contributed by atoms with E-state index in [1.165, 1.54) is 4.88 Å². The Kier molecular flexibility index (Phi) is 4.43. The van der Waals surface area contributed by atoms with Crippen molar-refractivity contribution in [2.45, 2.75) is 19.9 Å².